The summed E-state index contributed by atoms with van der Waals surface area (Å²) in [4.78, 5) is 26.5. The van der Waals surface area contributed by atoms with Gasteiger partial charge in [0.25, 0.3) is 5.91 Å². The molecule has 3 rings (SSSR count). The molecule has 2 amide bonds. The average molecular weight is 480 g/mol. The predicted molar refractivity (Wildman–Crippen MR) is 123 cm³/mol. The molecule has 32 heavy (non-hydrogen) atoms. The first kappa shape index (κ1) is 24.2. The normalized spacial score (nSPS) is 14.8. The van der Waals surface area contributed by atoms with Gasteiger partial charge in [-0.05, 0) is 43.7 Å². The number of sulfonamides is 1. The van der Waals surface area contributed by atoms with Crippen molar-refractivity contribution in [1.82, 2.24) is 9.21 Å². The molecule has 1 aliphatic heterocycles. The van der Waals surface area contributed by atoms with Gasteiger partial charge in [0.1, 0.15) is 4.90 Å². The maximum atomic E-state index is 12.9. The van der Waals surface area contributed by atoms with Crippen LogP contribution in [0.25, 0.3) is 0 Å². The fourth-order valence-corrected chi connectivity index (χ4v) is 5.36. The average Bonchev–Trinajstić information content (AvgIpc) is 2.75. The van der Waals surface area contributed by atoms with Gasteiger partial charge in [-0.2, -0.15) is 4.31 Å². The van der Waals surface area contributed by atoms with E-state index in [9.17, 15) is 18.0 Å². The fraction of sp³-hybridized carbons (Fsp3) is 0.364. The van der Waals surface area contributed by atoms with E-state index in [0.717, 1.165) is 11.1 Å². The van der Waals surface area contributed by atoms with Gasteiger partial charge in [0.05, 0.1) is 24.8 Å². The first-order chi connectivity index (χ1) is 15.1. The van der Waals surface area contributed by atoms with Crippen LogP contribution in [0.15, 0.2) is 41.3 Å². The monoisotopic (exact) mass is 479 g/mol. The molecule has 0 unspecified atom stereocenters. The number of amides is 2. The summed E-state index contributed by atoms with van der Waals surface area (Å²) in [6.07, 6.45) is 0. The number of aryl methyl sites for hydroxylation is 2. The lowest BCUT2D eigenvalue weighted by molar-refractivity contribution is -0.116. The van der Waals surface area contributed by atoms with E-state index in [1.807, 2.05) is 26.0 Å². The first-order valence-electron chi connectivity index (χ1n) is 10.1. The van der Waals surface area contributed by atoms with Crippen LogP contribution in [0.3, 0.4) is 0 Å². The number of nitrogens with zero attached hydrogens (tertiary/aromatic N) is 2. The van der Waals surface area contributed by atoms with Gasteiger partial charge in [0.15, 0.2) is 0 Å². The van der Waals surface area contributed by atoms with Gasteiger partial charge < -0.3 is 15.0 Å². The minimum atomic E-state index is -3.83. The van der Waals surface area contributed by atoms with Crippen molar-refractivity contribution >= 4 is 39.1 Å². The number of carbonyl (C=O) groups excluding carboxylic acids is 2. The van der Waals surface area contributed by atoms with Crippen molar-refractivity contribution in [3.05, 3.63) is 58.1 Å². The van der Waals surface area contributed by atoms with Crippen molar-refractivity contribution in [2.75, 3.05) is 45.2 Å². The second kappa shape index (κ2) is 9.99. The molecule has 0 aliphatic carbocycles. The minimum Gasteiger partial charge on any atom is -0.379 e. The van der Waals surface area contributed by atoms with Crippen molar-refractivity contribution in [3.8, 4) is 0 Å². The number of likely N-dealkylation sites (N-methyl/N-ethyl adjacent to an activating group) is 1. The number of hydrogen-bond acceptors (Lipinski definition) is 5. The van der Waals surface area contributed by atoms with Gasteiger partial charge in [-0.25, -0.2) is 8.42 Å². The van der Waals surface area contributed by atoms with Gasteiger partial charge in [-0.1, -0.05) is 29.3 Å². The molecule has 0 radical (unpaired) electrons. The quantitative estimate of drug-likeness (QED) is 0.687. The smallest absolute Gasteiger partial charge is 0.254 e. The van der Waals surface area contributed by atoms with Crippen LogP contribution in [-0.4, -0.2) is 69.3 Å². The van der Waals surface area contributed by atoms with Crippen LogP contribution in [-0.2, 0) is 19.6 Å². The third kappa shape index (κ3) is 5.47. The van der Waals surface area contributed by atoms with Crippen LogP contribution in [0.2, 0.25) is 5.02 Å². The van der Waals surface area contributed by atoms with Gasteiger partial charge in [-0.3, -0.25) is 9.59 Å². The molecule has 2 aromatic carbocycles. The Morgan fingerprint density at radius 1 is 1.12 bits per heavy atom. The molecule has 10 heteroatoms. The standard InChI is InChI=1S/C22H26ClN3O5S/c1-15-4-6-18(16(2)12-15)22(28)25(3)14-21(27)24-17-5-7-19(23)20(13-17)32(29,30)26-8-10-31-11-9-26/h4-7,12-13H,8-11,14H2,1-3H3,(H,24,27). The van der Waals surface area contributed by atoms with Crippen LogP contribution >= 0.6 is 11.6 Å². The van der Waals surface area contributed by atoms with Crippen LogP contribution in [0, 0.1) is 13.8 Å². The van der Waals surface area contributed by atoms with Crippen LogP contribution in [0.4, 0.5) is 5.69 Å². The number of hydrogen-bond donors (Lipinski definition) is 1. The molecule has 2 aromatic rings. The summed E-state index contributed by atoms with van der Waals surface area (Å²) < 4.78 is 32.4. The van der Waals surface area contributed by atoms with E-state index in [4.69, 9.17) is 16.3 Å². The molecule has 8 nitrogen and oxygen atoms in total. The number of benzene rings is 2. The third-order valence-electron chi connectivity index (χ3n) is 5.14. The van der Waals surface area contributed by atoms with Gasteiger partial charge in [-0.15, -0.1) is 0 Å². The highest BCUT2D eigenvalue weighted by Crippen LogP contribution is 2.28. The van der Waals surface area contributed by atoms with Gasteiger partial charge in [0.2, 0.25) is 15.9 Å². The highest BCUT2D eigenvalue weighted by Gasteiger charge is 2.29. The molecule has 1 aliphatic rings. The summed E-state index contributed by atoms with van der Waals surface area (Å²) in [6, 6.07) is 9.77. The number of halogens is 1. The lowest BCUT2D eigenvalue weighted by Crippen LogP contribution is -2.40. The van der Waals surface area contributed by atoms with E-state index in [1.54, 1.807) is 6.07 Å². The summed E-state index contributed by atoms with van der Waals surface area (Å²) in [5.41, 5.74) is 2.68. The minimum absolute atomic E-state index is 0.0663. The Morgan fingerprint density at radius 2 is 1.81 bits per heavy atom. The van der Waals surface area contributed by atoms with Crippen LogP contribution in [0.5, 0.6) is 0 Å². The number of nitrogens with one attached hydrogen (secondary N) is 1. The topological polar surface area (TPSA) is 96.0 Å². The summed E-state index contributed by atoms with van der Waals surface area (Å²) in [5, 5.41) is 2.71. The number of rotatable bonds is 6. The molecular weight excluding hydrogens is 454 g/mol. The largest absolute Gasteiger partial charge is 0.379 e. The Balaban J connectivity index is 1.71. The highest BCUT2D eigenvalue weighted by atomic mass is 35.5. The molecule has 0 bridgehead atoms. The molecule has 0 saturated carbocycles. The summed E-state index contributed by atoms with van der Waals surface area (Å²) in [5.74, 6) is -0.730. The Kier molecular flexibility index (Phi) is 7.55. The van der Waals surface area contributed by atoms with Gasteiger partial charge >= 0.3 is 0 Å². The SMILES string of the molecule is Cc1ccc(C(=O)N(C)CC(=O)Nc2ccc(Cl)c(S(=O)(=O)N3CCOCC3)c2)c(C)c1. The number of ether oxygens (including phenoxy) is 1. The molecule has 1 saturated heterocycles. The van der Waals surface area contributed by atoms with Crippen molar-refractivity contribution in [2.45, 2.75) is 18.7 Å². The van der Waals surface area contributed by atoms with Crippen LogP contribution in [0.1, 0.15) is 21.5 Å². The zero-order valence-electron chi connectivity index (χ0n) is 18.2. The lowest BCUT2D eigenvalue weighted by Gasteiger charge is -2.26. The van der Waals surface area contributed by atoms with Gasteiger partial charge in [0, 0.05) is 31.4 Å². The number of carbonyl (C=O) groups is 2. The van der Waals surface area contributed by atoms with Crippen LogP contribution < -0.4 is 5.32 Å². The molecular formula is C22H26ClN3O5S. The maximum Gasteiger partial charge on any atom is 0.254 e. The molecule has 0 atom stereocenters. The predicted octanol–water partition coefficient (Wildman–Crippen LogP) is 2.69. The first-order valence-corrected chi connectivity index (χ1v) is 11.9. The summed E-state index contributed by atoms with van der Waals surface area (Å²) in [6.45, 7) is 4.69. The fourth-order valence-electron chi connectivity index (χ4n) is 3.45. The summed E-state index contributed by atoms with van der Waals surface area (Å²) >= 11 is 6.15. The zero-order valence-corrected chi connectivity index (χ0v) is 19.8. The van der Waals surface area contributed by atoms with E-state index >= 15 is 0 Å². The van der Waals surface area contributed by atoms with Crippen molar-refractivity contribution in [1.29, 1.82) is 0 Å². The Bertz CT molecular complexity index is 1130. The molecule has 0 aromatic heterocycles. The van der Waals surface area contributed by atoms with Crippen molar-refractivity contribution < 1.29 is 22.7 Å². The lowest BCUT2D eigenvalue weighted by atomic mass is 10.0. The number of morpholine rings is 1. The summed E-state index contributed by atoms with van der Waals surface area (Å²) in [7, 11) is -2.29. The Labute approximate surface area is 193 Å². The zero-order chi connectivity index (χ0) is 23.5. The van der Waals surface area contributed by atoms with Crippen molar-refractivity contribution in [3.63, 3.8) is 0 Å². The second-order valence-electron chi connectivity index (χ2n) is 7.69. The maximum absolute atomic E-state index is 12.9. The van der Waals surface area contributed by atoms with E-state index in [1.165, 1.54) is 34.5 Å². The van der Waals surface area contributed by atoms with E-state index < -0.39 is 15.9 Å². The van der Waals surface area contributed by atoms with E-state index in [-0.39, 0.29) is 41.1 Å². The molecule has 0 spiro atoms. The highest BCUT2D eigenvalue weighted by molar-refractivity contribution is 7.89. The number of anilines is 1. The Morgan fingerprint density at radius 3 is 2.47 bits per heavy atom. The molecule has 172 valence electrons. The molecule has 1 heterocycles. The third-order valence-corrected chi connectivity index (χ3v) is 7.52. The molecule has 1 fully saturated rings. The second-order valence-corrected chi connectivity index (χ2v) is 10.0. The Hall–Kier alpha value is -2.46. The molecule has 1 N–H and O–H groups in total. The van der Waals surface area contributed by atoms with E-state index in [0.29, 0.717) is 18.8 Å². The van der Waals surface area contributed by atoms with Crippen molar-refractivity contribution in [2.24, 2.45) is 0 Å². The van der Waals surface area contributed by atoms with E-state index in [2.05, 4.69) is 5.32 Å².